The smallest absolute Gasteiger partial charge is 0.127 e. The van der Waals surface area contributed by atoms with Crippen LogP contribution < -0.4 is 20.7 Å². The second kappa shape index (κ2) is 6.04. The fourth-order valence-corrected chi connectivity index (χ4v) is 1.84. The van der Waals surface area contributed by atoms with E-state index in [2.05, 4.69) is 5.43 Å². The molecule has 0 aliphatic heterocycles. The molecule has 0 fully saturated rings. The zero-order chi connectivity index (χ0) is 13.8. The van der Waals surface area contributed by atoms with Crippen LogP contribution >= 0.6 is 0 Å². The lowest BCUT2D eigenvalue weighted by Crippen LogP contribution is -2.44. The van der Waals surface area contributed by atoms with Gasteiger partial charge in [-0.15, -0.1) is 0 Å². The van der Waals surface area contributed by atoms with Crippen molar-refractivity contribution in [3.8, 4) is 11.5 Å². The van der Waals surface area contributed by atoms with Gasteiger partial charge in [0.25, 0.3) is 0 Å². The number of hydrogen-bond acceptors (Lipinski definition) is 5. The number of ether oxygens (including phenoxy) is 3. The van der Waals surface area contributed by atoms with Crippen LogP contribution in [0.4, 0.5) is 0 Å². The van der Waals surface area contributed by atoms with E-state index in [4.69, 9.17) is 20.1 Å². The molecular weight excluding hydrogens is 232 g/mol. The van der Waals surface area contributed by atoms with E-state index in [-0.39, 0.29) is 6.04 Å². The van der Waals surface area contributed by atoms with Crippen molar-refractivity contribution < 1.29 is 14.2 Å². The van der Waals surface area contributed by atoms with Crippen molar-refractivity contribution in [1.29, 1.82) is 0 Å². The standard InChI is InChI=1S/C13H22N2O3/c1-13(2,18-5)12(15-14)10-7-6-9(16-3)8-11(10)17-4/h6-8,12,15H,14H2,1-5H3. The number of methoxy groups -OCH3 is 3. The zero-order valence-electron chi connectivity index (χ0n) is 11.6. The monoisotopic (exact) mass is 254 g/mol. The van der Waals surface area contributed by atoms with Gasteiger partial charge in [-0.3, -0.25) is 5.84 Å². The minimum Gasteiger partial charge on any atom is -0.497 e. The van der Waals surface area contributed by atoms with Crippen molar-refractivity contribution >= 4 is 0 Å². The molecule has 0 saturated carbocycles. The first-order chi connectivity index (χ1) is 8.50. The minimum absolute atomic E-state index is 0.191. The molecule has 0 radical (unpaired) electrons. The molecule has 5 heteroatoms. The molecule has 1 aromatic carbocycles. The Morgan fingerprint density at radius 2 is 1.83 bits per heavy atom. The third-order valence-electron chi connectivity index (χ3n) is 3.14. The fraction of sp³-hybridized carbons (Fsp3) is 0.538. The molecule has 0 saturated heterocycles. The molecule has 0 aliphatic carbocycles. The van der Waals surface area contributed by atoms with E-state index in [1.807, 2.05) is 32.0 Å². The zero-order valence-corrected chi connectivity index (χ0v) is 11.6. The highest BCUT2D eigenvalue weighted by molar-refractivity contribution is 5.43. The van der Waals surface area contributed by atoms with Gasteiger partial charge in [0.15, 0.2) is 0 Å². The summed E-state index contributed by atoms with van der Waals surface area (Å²) < 4.78 is 16.0. The molecule has 0 amide bonds. The lowest BCUT2D eigenvalue weighted by atomic mass is 9.91. The quantitative estimate of drug-likeness (QED) is 0.596. The van der Waals surface area contributed by atoms with Crippen molar-refractivity contribution in [2.75, 3.05) is 21.3 Å². The van der Waals surface area contributed by atoms with Gasteiger partial charge >= 0.3 is 0 Å². The highest BCUT2D eigenvalue weighted by Gasteiger charge is 2.32. The van der Waals surface area contributed by atoms with Gasteiger partial charge in [0.1, 0.15) is 11.5 Å². The molecule has 0 bridgehead atoms. The van der Waals surface area contributed by atoms with Gasteiger partial charge in [-0.2, -0.15) is 0 Å². The van der Waals surface area contributed by atoms with Crippen LogP contribution in [0.2, 0.25) is 0 Å². The lowest BCUT2D eigenvalue weighted by Gasteiger charge is -2.33. The molecule has 0 aliphatic rings. The van der Waals surface area contributed by atoms with E-state index in [9.17, 15) is 0 Å². The van der Waals surface area contributed by atoms with E-state index in [1.54, 1.807) is 21.3 Å². The first kappa shape index (κ1) is 14.8. The molecule has 0 heterocycles. The normalized spacial score (nSPS) is 13.2. The summed E-state index contributed by atoms with van der Waals surface area (Å²) in [6, 6.07) is 5.42. The average molecular weight is 254 g/mol. The molecule has 1 aromatic rings. The third-order valence-corrected chi connectivity index (χ3v) is 3.14. The van der Waals surface area contributed by atoms with Crippen LogP contribution in [0.5, 0.6) is 11.5 Å². The Morgan fingerprint density at radius 3 is 2.28 bits per heavy atom. The van der Waals surface area contributed by atoms with Crippen LogP contribution in [-0.4, -0.2) is 26.9 Å². The van der Waals surface area contributed by atoms with E-state index < -0.39 is 5.60 Å². The van der Waals surface area contributed by atoms with Gasteiger partial charge < -0.3 is 14.2 Å². The Bertz CT molecular complexity index is 394. The summed E-state index contributed by atoms with van der Waals surface area (Å²) in [6.07, 6.45) is 0. The maximum absolute atomic E-state index is 5.64. The van der Waals surface area contributed by atoms with Crippen molar-refractivity contribution in [3.63, 3.8) is 0 Å². The largest absolute Gasteiger partial charge is 0.497 e. The van der Waals surface area contributed by atoms with Crippen molar-refractivity contribution in [1.82, 2.24) is 5.43 Å². The molecule has 18 heavy (non-hydrogen) atoms. The van der Waals surface area contributed by atoms with E-state index >= 15 is 0 Å². The average Bonchev–Trinajstić information content (AvgIpc) is 2.39. The molecule has 3 N–H and O–H groups in total. The van der Waals surface area contributed by atoms with Gasteiger partial charge in [0.2, 0.25) is 0 Å². The summed E-state index contributed by atoms with van der Waals surface area (Å²) >= 11 is 0. The molecule has 1 rings (SSSR count). The van der Waals surface area contributed by atoms with Crippen LogP contribution in [0, 0.1) is 0 Å². The molecule has 0 aromatic heterocycles. The van der Waals surface area contributed by atoms with Crippen LogP contribution in [-0.2, 0) is 4.74 Å². The number of nitrogens with one attached hydrogen (secondary N) is 1. The minimum atomic E-state index is -0.462. The van der Waals surface area contributed by atoms with E-state index in [0.717, 1.165) is 11.3 Å². The maximum Gasteiger partial charge on any atom is 0.127 e. The Kier molecular flexibility index (Phi) is 4.95. The topological polar surface area (TPSA) is 65.7 Å². The summed E-state index contributed by atoms with van der Waals surface area (Å²) in [4.78, 5) is 0. The van der Waals surface area contributed by atoms with E-state index in [1.165, 1.54) is 0 Å². The van der Waals surface area contributed by atoms with Crippen molar-refractivity contribution in [2.45, 2.75) is 25.5 Å². The first-order valence-corrected chi connectivity index (χ1v) is 5.73. The summed E-state index contributed by atoms with van der Waals surface area (Å²) in [5.41, 5.74) is 3.24. The van der Waals surface area contributed by atoms with Crippen LogP contribution in [0.25, 0.3) is 0 Å². The van der Waals surface area contributed by atoms with Gasteiger partial charge in [-0.1, -0.05) is 0 Å². The number of hydrazine groups is 1. The second-order valence-corrected chi connectivity index (χ2v) is 4.52. The van der Waals surface area contributed by atoms with Gasteiger partial charge in [0.05, 0.1) is 25.9 Å². The highest BCUT2D eigenvalue weighted by atomic mass is 16.5. The van der Waals surface area contributed by atoms with E-state index in [0.29, 0.717) is 5.75 Å². The van der Waals surface area contributed by atoms with Crippen LogP contribution in [0.1, 0.15) is 25.5 Å². The molecule has 5 nitrogen and oxygen atoms in total. The van der Waals surface area contributed by atoms with Crippen LogP contribution in [0.15, 0.2) is 18.2 Å². The maximum atomic E-state index is 5.64. The number of hydrogen-bond donors (Lipinski definition) is 2. The van der Waals surface area contributed by atoms with Crippen molar-refractivity contribution in [2.24, 2.45) is 5.84 Å². The molecule has 0 spiro atoms. The van der Waals surface area contributed by atoms with Gasteiger partial charge in [-0.25, -0.2) is 5.43 Å². The lowest BCUT2D eigenvalue weighted by molar-refractivity contribution is -0.0117. The Hall–Kier alpha value is -1.30. The molecule has 1 atom stereocenters. The summed E-state index contributed by atoms with van der Waals surface area (Å²) in [6.45, 7) is 3.92. The first-order valence-electron chi connectivity index (χ1n) is 5.73. The molecular formula is C13H22N2O3. The summed E-state index contributed by atoms with van der Waals surface area (Å²) in [7, 11) is 4.89. The third kappa shape index (κ3) is 2.93. The molecule has 102 valence electrons. The predicted molar refractivity (Wildman–Crippen MR) is 70.7 cm³/mol. The number of rotatable bonds is 6. The molecule has 1 unspecified atom stereocenters. The van der Waals surface area contributed by atoms with Gasteiger partial charge in [0, 0.05) is 18.7 Å². The summed E-state index contributed by atoms with van der Waals surface area (Å²) in [5, 5.41) is 0. The highest BCUT2D eigenvalue weighted by Crippen LogP contribution is 2.35. The summed E-state index contributed by atoms with van der Waals surface area (Å²) in [5.74, 6) is 7.09. The number of nitrogens with two attached hydrogens (primary N) is 1. The second-order valence-electron chi connectivity index (χ2n) is 4.52. The SMILES string of the molecule is COc1ccc(C(NN)C(C)(C)OC)c(OC)c1. The Balaban J connectivity index is 3.21. The van der Waals surface area contributed by atoms with Gasteiger partial charge in [-0.05, 0) is 26.0 Å². The van der Waals surface area contributed by atoms with Crippen LogP contribution in [0.3, 0.4) is 0 Å². The number of benzene rings is 1. The Labute approximate surface area is 108 Å². The Morgan fingerprint density at radius 1 is 1.17 bits per heavy atom. The fourth-order valence-electron chi connectivity index (χ4n) is 1.84. The van der Waals surface area contributed by atoms with Crippen molar-refractivity contribution in [3.05, 3.63) is 23.8 Å². The predicted octanol–water partition coefficient (Wildman–Crippen LogP) is 1.63.